The van der Waals surface area contributed by atoms with Crippen LogP contribution in [0.5, 0.6) is 5.75 Å². The van der Waals surface area contributed by atoms with Crippen LogP contribution in [0.25, 0.3) is 5.57 Å². The van der Waals surface area contributed by atoms with E-state index in [4.69, 9.17) is 4.74 Å². The first-order valence-corrected chi connectivity index (χ1v) is 6.11. The van der Waals surface area contributed by atoms with E-state index >= 15 is 0 Å². The van der Waals surface area contributed by atoms with Gasteiger partial charge in [-0.1, -0.05) is 13.0 Å². The molecule has 1 atom stereocenters. The second-order valence-corrected chi connectivity index (χ2v) is 4.60. The Hall–Kier alpha value is -2.17. The Morgan fingerprint density at radius 3 is 2.79 bits per heavy atom. The second-order valence-electron chi connectivity index (χ2n) is 4.60. The minimum Gasteiger partial charge on any atom is -0.497 e. The third-order valence-electron chi connectivity index (χ3n) is 3.35. The molecule has 1 unspecified atom stereocenters. The molecule has 0 saturated carbocycles. The molecule has 0 aliphatic heterocycles. The van der Waals surface area contributed by atoms with Crippen LogP contribution in [-0.2, 0) is 4.79 Å². The number of carbonyl (C=O) groups excluding carboxylic acids is 1. The Labute approximate surface area is 111 Å². The van der Waals surface area contributed by atoms with Gasteiger partial charge in [0.25, 0.3) is 5.69 Å². The summed E-state index contributed by atoms with van der Waals surface area (Å²) in [5, 5.41) is 11.1. The van der Waals surface area contributed by atoms with Crippen molar-refractivity contribution in [2.24, 2.45) is 5.92 Å². The van der Waals surface area contributed by atoms with Gasteiger partial charge in [-0.05, 0) is 25.0 Å². The lowest BCUT2D eigenvalue weighted by Gasteiger charge is -2.18. The fourth-order valence-electron chi connectivity index (χ4n) is 2.23. The topological polar surface area (TPSA) is 69.4 Å². The molecule has 0 radical (unpaired) electrons. The van der Waals surface area contributed by atoms with E-state index in [2.05, 4.69) is 0 Å². The normalized spacial score (nSPS) is 18.9. The van der Waals surface area contributed by atoms with E-state index in [1.807, 2.05) is 6.92 Å². The highest BCUT2D eigenvalue weighted by Gasteiger charge is 2.27. The first-order chi connectivity index (χ1) is 9.04. The van der Waals surface area contributed by atoms with Crippen LogP contribution in [0, 0.1) is 16.0 Å². The number of hydrogen-bond donors (Lipinski definition) is 0. The molecule has 0 heterocycles. The molecule has 1 aliphatic carbocycles. The van der Waals surface area contributed by atoms with Gasteiger partial charge in [-0.15, -0.1) is 0 Å². The number of Topliss-reactive ketones (excluding diaryl/α,β-unsaturated/α-hetero) is 1. The average molecular weight is 261 g/mol. The molecule has 0 amide bonds. The molecule has 1 aromatic carbocycles. The van der Waals surface area contributed by atoms with Crippen molar-refractivity contribution < 1.29 is 14.5 Å². The van der Waals surface area contributed by atoms with Crippen molar-refractivity contribution >= 4 is 17.0 Å². The Bertz CT molecular complexity index is 563. The van der Waals surface area contributed by atoms with Crippen molar-refractivity contribution in [2.45, 2.75) is 19.8 Å². The van der Waals surface area contributed by atoms with Crippen molar-refractivity contribution in [2.75, 3.05) is 7.11 Å². The highest BCUT2D eigenvalue weighted by Crippen LogP contribution is 2.34. The van der Waals surface area contributed by atoms with Gasteiger partial charge in [0.05, 0.1) is 23.7 Å². The third kappa shape index (κ3) is 2.50. The van der Waals surface area contributed by atoms with Crippen LogP contribution >= 0.6 is 0 Å². The number of nitrogens with zero attached hydrogens (tertiary/aromatic N) is 1. The Morgan fingerprint density at radius 2 is 2.16 bits per heavy atom. The monoisotopic (exact) mass is 261 g/mol. The number of ether oxygens (including phenoxy) is 1. The van der Waals surface area contributed by atoms with Crippen LogP contribution in [-0.4, -0.2) is 17.8 Å². The fourth-order valence-corrected chi connectivity index (χ4v) is 2.23. The molecule has 0 saturated heterocycles. The summed E-state index contributed by atoms with van der Waals surface area (Å²) in [5.74, 6) is 0.300. The lowest BCUT2D eigenvalue weighted by atomic mass is 9.85. The van der Waals surface area contributed by atoms with Gasteiger partial charge in [-0.3, -0.25) is 14.9 Å². The summed E-state index contributed by atoms with van der Waals surface area (Å²) in [7, 11) is 1.45. The van der Waals surface area contributed by atoms with Gasteiger partial charge in [0, 0.05) is 11.5 Å². The standard InChI is InChI=1S/C14H15NO4/c1-9-4-3-5-12(14(9)16)11-7-6-10(19-2)8-13(11)15(17)18/h5-9H,3-4H2,1-2H3. The van der Waals surface area contributed by atoms with Gasteiger partial charge in [0.1, 0.15) is 5.75 Å². The van der Waals surface area contributed by atoms with Gasteiger partial charge >= 0.3 is 0 Å². The van der Waals surface area contributed by atoms with E-state index in [1.165, 1.54) is 13.2 Å². The van der Waals surface area contributed by atoms with Crippen molar-refractivity contribution in [3.8, 4) is 5.75 Å². The maximum absolute atomic E-state index is 12.1. The number of allylic oxidation sites excluding steroid dienone is 2. The minimum atomic E-state index is -0.481. The van der Waals surface area contributed by atoms with Crippen molar-refractivity contribution in [1.29, 1.82) is 0 Å². The number of benzene rings is 1. The molecule has 19 heavy (non-hydrogen) atoms. The van der Waals surface area contributed by atoms with Gasteiger partial charge < -0.3 is 4.74 Å². The molecule has 5 heteroatoms. The van der Waals surface area contributed by atoms with E-state index in [1.54, 1.807) is 18.2 Å². The van der Waals surface area contributed by atoms with Crippen LogP contribution in [0.4, 0.5) is 5.69 Å². The maximum Gasteiger partial charge on any atom is 0.281 e. The Morgan fingerprint density at radius 1 is 1.42 bits per heavy atom. The average Bonchev–Trinajstić information content (AvgIpc) is 2.41. The van der Waals surface area contributed by atoms with Gasteiger partial charge in [0.2, 0.25) is 0 Å². The first kappa shape index (κ1) is 13.3. The third-order valence-corrected chi connectivity index (χ3v) is 3.35. The van der Waals surface area contributed by atoms with Crippen LogP contribution in [0.3, 0.4) is 0 Å². The molecule has 1 aliphatic rings. The summed E-state index contributed by atoms with van der Waals surface area (Å²) in [6.07, 6.45) is 3.36. The lowest BCUT2D eigenvalue weighted by Crippen LogP contribution is -2.17. The summed E-state index contributed by atoms with van der Waals surface area (Å²) in [4.78, 5) is 22.8. The number of carbonyl (C=O) groups is 1. The zero-order valence-corrected chi connectivity index (χ0v) is 10.9. The van der Waals surface area contributed by atoms with Crippen molar-refractivity contribution in [1.82, 2.24) is 0 Å². The number of nitro groups is 1. The van der Waals surface area contributed by atoms with Crippen LogP contribution in [0.2, 0.25) is 0 Å². The predicted octanol–water partition coefficient (Wildman–Crippen LogP) is 2.99. The summed E-state index contributed by atoms with van der Waals surface area (Å²) in [6.45, 7) is 1.85. The lowest BCUT2D eigenvalue weighted by molar-refractivity contribution is -0.385. The summed E-state index contributed by atoms with van der Waals surface area (Å²) < 4.78 is 4.99. The van der Waals surface area contributed by atoms with E-state index < -0.39 is 4.92 Å². The highest BCUT2D eigenvalue weighted by atomic mass is 16.6. The summed E-state index contributed by atoms with van der Waals surface area (Å²) in [6, 6.07) is 4.57. The molecule has 5 nitrogen and oxygen atoms in total. The Kier molecular flexibility index (Phi) is 3.64. The van der Waals surface area contributed by atoms with E-state index in [-0.39, 0.29) is 17.4 Å². The molecule has 100 valence electrons. The van der Waals surface area contributed by atoms with Gasteiger partial charge in [0.15, 0.2) is 5.78 Å². The predicted molar refractivity (Wildman–Crippen MR) is 71.0 cm³/mol. The quantitative estimate of drug-likeness (QED) is 0.619. The van der Waals surface area contributed by atoms with Gasteiger partial charge in [-0.2, -0.15) is 0 Å². The molecular formula is C14H15NO4. The number of nitro benzene ring substituents is 1. The van der Waals surface area contributed by atoms with Crippen LogP contribution in [0.1, 0.15) is 25.3 Å². The van der Waals surface area contributed by atoms with Crippen molar-refractivity contribution in [3.05, 3.63) is 40.0 Å². The number of methoxy groups -OCH3 is 1. The number of ketones is 1. The fraction of sp³-hybridized carbons (Fsp3) is 0.357. The van der Waals surface area contributed by atoms with E-state index in [0.717, 1.165) is 12.8 Å². The second kappa shape index (κ2) is 5.22. The smallest absolute Gasteiger partial charge is 0.281 e. The highest BCUT2D eigenvalue weighted by molar-refractivity contribution is 6.23. The maximum atomic E-state index is 12.1. The summed E-state index contributed by atoms with van der Waals surface area (Å²) in [5.41, 5.74) is 0.739. The summed E-state index contributed by atoms with van der Waals surface area (Å²) >= 11 is 0. The van der Waals surface area contributed by atoms with Crippen LogP contribution < -0.4 is 4.74 Å². The molecule has 2 rings (SSSR count). The zero-order valence-electron chi connectivity index (χ0n) is 10.9. The molecule has 0 N–H and O–H groups in total. The van der Waals surface area contributed by atoms with Crippen molar-refractivity contribution in [3.63, 3.8) is 0 Å². The van der Waals surface area contributed by atoms with E-state index in [9.17, 15) is 14.9 Å². The minimum absolute atomic E-state index is 0.0282. The molecule has 0 aromatic heterocycles. The SMILES string of the molecule is COc1ccc(C2=CCCC(C)C2=O)c([N+](=O)[O-])c1. The molecular weight excluding hydrogens is 246 g/mol. The first-order valence-electron chi connectivity index (χ1n) is 6.11. The van der Waals surface area contributed by atoms with Gasteiger partial charge in [-0.25, -0.2) is 0 Å². The van der Waals surface area contributed by atoms with E-state index in [0.29, 0.717) is 16.9 Å². The molecule has 0 fully saturated rings. The number of rotatable bonds is 3. The Balaban J connectivity index is 2.53. The largest absolute Gasteiger partial charge is 0.497 e. The van der Waals surface area contributed by atoms with Crippen LogP contribution in [0.15, 0.2) is 24.3 Å². The zero-order chi connectivity index (χ0) is 14.0. The molecule has 1 aromatic rings. The number of hydrogen-bond acceptors (Lipinski definition) is 4. The molecule has 0 spiro atoms. The molecule has 0 bridgehead atoms.